The van der Waals surface area contributed by atoms with Crippen LogP contribution < -0.4 is 10.9 Å². The van der Waals surface area contributed by atoms with Gasteiger partial charge in [-0.1, -0.05) is 45.0 Å². The third kappa shape index (κ3) is 6.38. The van der Waals surface area contributed by atoms with Crippen molar-refractivity contribution in [1.29, 1.82) is 0 Å². The second-order valence-electron chi connectivity index (χ2n) is 8.89. The zero-order valence-corrected chi connectivity index (χ0v) is 19.2. The monoisotopic (exact) mass is 449 g/mol. The van der Waals surface area contributed by atoms with Crippen molar-refractivity contribution in [2.24, 2.45) is 0 Å². The average molecular weight is 450 g/mol. The maximum atomic E-state index is 12.4. The molecule has 33 heavy (non-hydrogen) atoms. The van der Waals surface area contributed by atoms with Crippen LogP contribution in [0.5, 0.6) is 0 Å². The summed E-state index contributed by atoms with van der Waals surface area (Å²) in [5, 5.41) is 3.21. The van der Waals surface area contributed by atoms with Gasteiger partial charge in [0.1, 0.15) is 12.2 Å². The molecule has 172 valence electrons. The van der Waals surface area contributed by atoms with E-state index in [0.29, 0.717) is 22.2 Å². The van der Waals surface area contributed by atoms with Gasteiger partial charge in [0.15, 0.2) is 5.78 Å². The van der Waals surface area contributed by atoms with Crippen LogP contribution in [0.25, 0.3) is 11.0 Å². The molecule has 0 radical (unpaired) electrons. The second-order valence-corrected chi connectivity index (χ2v) is 8.89. The van der Waals surface area contributed by atoms with Gasteiger partial charge in [-0.3, -0.25) is 14.4 Å². The molecule has 3 rings (SSSR count). The molecule has 1 N–H and O–H groups in total. The number of carbonyl (C=O) groups is 3. The van der Waals surface area contributed by atoms with Gasteiger partial charge in [0.25, 0.3) is 0 Å². The topological polar surface area (TPSA) is 103 Å². The number of ketones is 1. The molecule has 0 bridgehead atoms. The first-order valence-electron chi connectivity index (χ1n) is 10.7. The molecule has 0 aliphatic heterocycles. The Morgan fingerprint density at radius 2 is 1.67 bits per heavy atom. The highest BCUT2D eigenvalue weighted by molar-refractivity contribution is 5.97. The van der Waals surface area contributed by atoms with Crippen LogP contribution >= 0.6 is 0 Å². The van der Waals surface area contributed by atoms with Gasteiger partial charge in [-0.2, -0.15) is 0 Å². The van der Waals surface area contributed by atoms with Crippen LogP contribution in [0.3, 0.4) is 0 Å². The molecule has 7 heteroatoms. The summed E-state index contributed by atoms with van der Waals surface area (Å²) >= 11 is 0. The summed E-state index contributed by atoms with van der Waals surface area (Å²) in [5.74, 6) is -0.920. The van der Waals surface area contributed by atoms with Crippen LogP contribution in [0.15, 0.2) is 57.7 Å². The van der Waals surface area contributed by atoms with Gasteiger partial charge in [-0.25, -0.2) is 4.79 Å². The fourth-order valence-corrected chi connectivity index (χ4v) is 3.38. The lowest BCUT2D eigenvalue weighted by Gasteiger charge is -2.18. The van der Waals surface area contributed by atoms with E-state index in [4.69, 9.17) is 9.15 Å². The molecular weight excluding hydrogens is 422 g/mol. The van der Waals surface area contributed by atoms with Crippen LogP contribution in [0.1, 0.15) is 62.0 Å². The number of anilines is 1. The number of rotatable bonds is 7. The molecule has 0 spiro atoms. The molecule has 3 aromatic rings. The SMILES string of the molecule is CC(=O)Nc1ccc2c(COC(=O)CCC(=O)c3ccc(C(C)(C)C)cc3)cc(=O)oc2c1. The van der Waals surface area contributed by atoms with Gasteiger partial charge < -0.3 is 14.5 Å². The highest BCUT2D eigenvalue weighted by Gasteiger charge is 2.16. The number of fused-ring (bicyclic) bond motifs is 1. The fraction of sp³-hybridized carbons (Fsp3) is 0.308. The standard InChI is InChI=1S/C26H27NO6/c1-16(28)27-20-9-10-21-18(13-25(31)33-23(21)14-20)15-32-24(30)12-11-22(29)17-5-7-19(8-6-17)26(2,3)4/h5-10,13-14H,11-12,15H2,1-4H3,(H,27,28). The fourth-order valence-electron chi connectivity index (χ4n) is 3.38. The van der Waals surface area contributed by atoms with E-state index in [1.54, 1.807) is 24.3 Å². The Hall–Kier alpha value is -3.74. The molecule has 0 saturated carbocycles. The van der Waals surface area contributed by atoms with E-state index in [9.17, 15) is 19.2 Å². The first-order chi connectivity index (χ1) is 15.5. The molecule has 0 atom stereocenters. The van der Waals surface area contributed by atoms with Crippen molar-refractivity contribution >= 4 is 34.3 Å². The van der Waals surface area contributed by atoms with Crippen molar-refractivity contribution < 1.29 is 23.5 Å². The first kappa shape index (κ1) is 23.9. The van der Waals surface area contributed by atoms with E-state index in [2.05, 4.69) is 26.1 Å². The van der Waals surface area contributed by atoms with Crippen molar-refractivity contribution in [3.05, 3.63) is 75.6 Å². The molecule has 7 nitrogen and oxygen atoms in total. The summed E-state index contributed by atoms with van der Waals surface area (Å²) in [6, 6.07) is 13.5. The molecule has 0 saturated heterocycles. The molecule has 1 aromatic heterocycles. The third-order valence-electron chi connectivity index (χ3n) is 5.17. The number of benzene rings is 2. The van der Waals surface area contributed by atoms with E-state index >= 15 is 0 Å². The molecule has 1 amide bonds. The zero-order chi connectivity index (χ0) is 24.2. The molecule has 1 heterocycles. The van der Waals surface area contributed by atoms with E-state index in [0.717, 1.165) is 5.56 Å². The number of hydrogen-bond acceptors (Lipinski definition) is 6. The minimum Gasteiger partial charge on any atom is -0.461 e. The van der Waals surface area contributed by atoms with Gasteiger partial charge in [0.2, 0.25) is 5.91 Å². The number of ether oxygens (including phenoxy) is 1. The minimum absolute atomic E-state index is 0.00423. The molecular formula is C26H27NO6. The summed E-state index contributed by atoms with van der Waals surface area (Å²) in [7, 11) is 0. The molecule has 0 fully saturated rings. The van der Waals surface area contributed by atoms with Crippen molar-refractivity contribution in [3.8, 4) is 0 Å². The number of carbonyl (C=O) groups excluding carboxylic acids is 3. The lowest BCUT2D eigenvalue weighted by molar-refractivity contribution is -0.144. The minimum atomic E-state index is -0.595. The van der Waals surface area contributed by atoms with Gasteiger partial charge in [-0.15, -0.1) is 0 Å². The highest BCUT2D eigenvalue weighted by Crippen LogP contribution is 2.23. The van der Waals surface area contributed by atoms with Crippen LogP contribution in [0, 0.1) is 0 Å². The Kier molecular flexibility index (Phi) is 7.11. The van der Waals surface area contributed by atoms with Crippen molar-refractivity contribution in [1.82, 2.24) is 0 Å². The number of hydrogen-bond donors (Lipinski definition) is 1. The first-order valence-corrected chi connectivity index (χ1v) is 10.7. The molecule has 0 aliphatic rings. The summed E-state index contributed by atoms with van der Waals surface area (Å²) in [6.45, 7) is 7.54. The van der Waals surface area contributed by atoms with Crippen LogP contribution in [-0.4, -0.2) is 17.7 Å². The Morgan fingerprint density at radius 3 is 2.30 bits per heavy atom. The Balaban J connectivity index is 1.61. The molecule has 0 aliphatic carbocycles. The van der Waals surface area contributed by atoms with Gasteiger partial charge in [-0.05, 0) is 23.1 Å². The predicted octanol–water partition coefficient (Wildman–Crippen LogP) is 4.76. The third-order valence-corrected chi connectivity index (χ3v) is 5.17. The largest absolute Gasteiger partial charge is 0.461 e. The molecule has 0 unspecified atom stereocenters. The number of nitrogens with one attached hydrogen (secondary N) is 1. The normalized spacial score (nSPS) is 11.3. The van der Waals surface area contributed by atoms with E-state index < -0.39 is 11.6 Å². The van der Waals surface area contributed by atoms with Crippen LogP contribution in [-0.2, 0) is 26.3 Å². The van der Waals surface area contributed by atoms with Crippen molar-refractivity contribution in [2.75, 3.05) is 5.32 Å². The quantitative estimate of drug-likeness (QED) is 0.317. The Bertz CT molecular complexity index is 1250. The summed E-state index contributed by atoms with van der Waals surface area (Å²) in [6.07, 6.45) is -0.0304. The van der Waals surface area contributed by atoms with Gasteiger partial charge in [0, 0.05) is 47.7 Å². The second kappa shape index (κ2) is 9.81. The highest BCUT2D eigenvalue weighted by atomic mass is 16.5. The van der Waals surface area contributed by atoms with Gasteiger partial charge in [0.05, 0.1) is 6.42 Å². The Morgan fingerprint density at radius 1 is 0.970 bits per heavy atom. The van der Waals surface area contributed by atoms with E-state index in [1.165, 1.54) is 19.1 Å². The predicted molar refractivity (Wildman–Crippen MR) is 125 cm³/mol. The summed E-state index contributed by atoms with van der Waals surface area (Å²) in [4.78, 5) is 47.8. The maximum absolute atomic E-state index is 12.4. The van der Waals surface area contributed by atoms with Crippen molar-refractivity contribution in [3.63, 3.8) is 0 Å². The summed E-state index contributed by atoms with van der Waals surface area (Å²) < 4.78 is 10.5. The van der Waals surface area contributed by atoms with E-state index in [-0.39, 0.29) is 42.1 Å². The lowest BCUT2D eigenvalue weighted by atomic mass is 9.86. The molecule has 2 aromatic carbocycles. The lowest BCUT2D eigenvalue weighted by Crippen LogP contribution is -2.12. The smallest absolute Gasteiger partial charge is 0.336 e. The van der Waals surface area contributed by atoms with Crippen LogP contribution in [0.4, 0.5) is 5.69 Å². The zero-order valence-electron chi connectivity index (χ0n) is 19.2. The van der Waals surface area contributed by atoms with Gasteiger partial charge >= 0.3 is 11.6 Å². The van der Waals surface area contributed by atoms with Crippen LogP contribution in [0.2, 0.25) is 0 Å². The average Bonchev–Trinajstić information content (AvgIpc) is 2.74. The maximum Gasteiger partial charge on any atom is 0.336 e. The number of Topliss-reactive ketones (excluding diaryl/α,β-unsaturated/α-hetero) is 1. The van der Waals surface area contributed by atoms with Crippen molar-refractivity contribution in [2.45, 2.75) is 52.6 Å². The Labute approximate surface area is 191 Å². The summed E-state index contributed by atoms with van der Waals surface area (Å²) in [5.41, 5.74) is 2.32. The number of esters is 1. The number of amides is 1. The van der Waals surface area contributed by atoms with E-state index in [1.807, 2.05) is 12.1 Å².